The molecule has 0 atom stereocenters. The van der Waals surface area contributed by atoms with Crippen LogP contribution in [0.5, 0.6) is 0 Å². The molecule has 0 spiro atoms. The summed E-state index contributed by atoms with van der Waals surface area (Å²) in [6.45, 7) is 6.27. The minimum Gasteiger partial charge on any atom is -0.397 e. The molecule has 1 fully saturated rings. The molecule has 4 heteroatoms. The highest BCUT2D eigenvalue weighted by atomic mass is 32.1. The maximum absolute atomic E-state index is 12.0. The van der Waals surface area contributed by atoms with E-state index >= 15 is 0 Å². The molecule has 1 aromatic rings. The van der Waals surface area contributed by atoms with Gasteiger partial charge in [-0.2, -0.15) is 0 Å². The number of ketones is 1. The Kier molecular flexibility index (Phi) is 4.50. The number of carbonyl (C=O) groups excluding carboxylic acids is 1. The first kappa shape index (κ1) is 14.4. The maximum Gasteiger partial charge on any atom is 0.174 e. The number of nitrogen functional groups attached to an aromatic ring is 1. The minimum absolute atomic E-state index is 0.169. The molecule has 0 aliphatic heterocycles. The van der Waals surface area contributed by atoms with Gasteiger partial charge < -0.3 is 11.1 Å². The topological polar surface area (TPSA) is 55.1 Å². The van der Waals surface area contributed by atoms with Crippen LogP contribution in [0, 0.1) is 0 Å². The Morgan fingerprint density at radius 1 is 1.37 bits per heavy atom. The summed E-state index contributed by atoms with van der Waals surface area (Å²) in [5.41, 5.74) is 8.19. The van der Waals surface area contributed by atoms with E-state index in [1.165, 1.54) is 18.4 Å². The second-order valence-corrected chi connectivity index (χ2v) is 6.32. The number of anilines is 2. The van der Waals surface area contributed by atoms with Crippen molar-refractivity contribution in [3.8, 4) is 0 Å². The molecular formula is C15H24N2OS. The Morgan fingerprint density at radius 2 is 2.00 bits per heavy atom. The van der Waals surface area contributed by atoms with Crippen LogP contribution in [-0.4, -0.2) is 11.8 Å². The van der Waals surface area contributed by atoms with E-state index in [-0.39, 0.29) is 5.78 Å². The van der Waals surface area contributed by atoms with Crippen molar-refractivity contribution in [2.75, 3.05) is 11.1 Å². The van der Waals surface area contributed by atoms with Crippen molar-refractivity contribution in [2.24, 2.45) is 0 Å². The fourth-order valence-corrected chi connectivity index (χ4v) is 3.68. The summed E-state index contributed by atoms with van der Waals surface area (Å²) < 4.78 is 0. The van der Waals surface area contributed by atoms with E-state index in [4.69, 9.17) is 5.73 Å². The van der Waals surface area contributed by atoms with Gasteiger partial charge in [-0.3, -0.25) is 4.79 Å². The van der Waals surface area contributed by atoms with Crippen LogP contribution >= 0.6 is 11.3 Å². The third-order valence-corrected chi connectivity index (χ3v) is 5.06. The predicted octanol–water partition coefficient (Wildman–Crippen LogP) is 4.40. The van der Waals surface area contributed by atoms with Crippen LogP contribution < -0.4 is 11.1 Å². The van der Waals surface area contributed by atoms with E-state index < -0.39 is 0 Å². The van der Waals surface area contributed by atoms with Crippen molar-refractivity contribution >= 4 is 27.8 Å². The Morgan fingerprint density at radius 3 is 2.47 bits per heavy atom. The molecule has 0 radical (unpaired) electrons. The molecule has 3 N–H and O–H groups in total. The lowest BCUT2D eigenvalue weighted by Crippen LogP contribution is -2.16. The molecule has 0 bridgehead atoms. The number of carbonyl (C=O) groups is 1. The van der Waals surface area contributed by atoms with Crippen LogP contribution in [0.4, 0.5) is 10.7 Å². The fraction of sp³-hybridized carbons (Fsp3) is 0.667. The summed E-state index contributed by atoms with van der Waals surface area (Å²) in [7, 11) is 0. The van der Waals surface area contributed by atoms with E-state index in [0.717, 1.165) is 28.4 Å². The van der Waals surface area contributed by atoms with Crippen LogP contribution in [0.25, 0.3) is 0 Å². The largest absolute Gasteiger partial charge is 0.397 e. The molecule has 0 saturated heterocycles. The normalized spacial score (nSPS) is 14.9. The smallest absolute Gasteiger partial charge is 0.174 e. The number of Topliss-reactive ketones (excluding diaryl/α,β-unsaturated/α-hetero) is 1. The molecule has 3 nitrogen and oxygen atoms in total. The quantitative estimate of drug-likeness (QED) is 0.728. The van der Waals surface area contributed by atoms with Gasteiger partial charge >= 0.3 is 0 Å². The zero-order valence-corrected chi connectivity index (χ0v) is 12.9. The van der Waals surface area contributed by atoms with Crippen molar-refractivity contribution in [1.29, 1.82) is 0 Å². The van der Waals surface area contributed by atoms with Crippen molar-refractivity contribution in [3.05, 3.63) is 10.4 Å². The van der Waals surface area contributed by atoms with Gasteiger partial charge in [-0.05, 0) is 31.6 Å². The van der Waals surface area contributed by atoms with E-state index in [9.17, 15) is 4.79 Å². The molecule has 106 valence electrons. The molecule has 1 aromatic heterocycles. The highest BCUT2D eigenvalue weighted by Gasteiger charge is 2.32. The Bertz CT molecular complexity index is 459. The number of nitrogens with one attached hydrogen (secondary N) is 1. The number of rotatable bonds is 7. The van der Waals surface area contributed by atoms with Crippen LogP contribution in [0.3, 0.4) is 0 Å². The lowest BCUT2D eigenvalue weighted by molar-refractivity contribution is 0.0993. The third kappa shape index (κ3) is 2.94. The van der Waals surface area contributed by atoms with E-state index in [2.05, 4.69) is 19.2 Å². The molecular weight excluding hydrogens is 256 g/mol. The highest BCUT2D eigenvalue weighted by molar-refractivity contribution is 7.18. The Hall–Kier alpha value is -1.03. The molecule has 1 heterocycles. The Labute approximate surface area is 119 Å². The predicted molar refractivity (Wildman–Crippen MR) is 83.3 cm³/mol. The van der Waals surface area contributed by atoms with Gasteiger partial charge in [-0.15, -0.1) is 11.3 Å². The van der Waals surface area contributed by atoms with Gasteiger partial charge in [0, 0.05) is 18.0 Å². The van der Waals surface area contributed by atoms with Crippen LogP contribution in [-0.2, 0) is 0 Å². The van der Waals surface area contributed by atoms with Gasteiger partial charge in [0.25, 0.3) is 0 Å². The number of hydrogen-bond donors (Lipinski definition) is 2. The van der Waals surface area contributed by atoms with Gasteiger partial charge in [-0.25, -0.2) is 0 Å². The maximum atomic E-state index is 12.0. The minimum atomic E-state index is 0.169. The van der Waals surface area contributed by atoms with Gasteiger partial charge in [-0.1, -0.05) is 20.8 Å². The fourth-order valence-electron chi connectivity index (χ4n) is 2.39. The van der Waals surface area contributed by atoms with E-state index in [1.54, 1.807) is 11.3 Å². The molecule has 1 aliphatic carbocycles. The first-order valence-electron chi connectivity index (χ1n) is 7.34. The molecule has 2 rings (SSSR count). The highest BCUT2D eigenvalue weighted by Crippen LogP contribution is 2.51. The second-order valence-electron chi connectivity index (χ2n) is 5.30. The summed E-state index contributed by atoms with van der Waals surface area (Å²) in [4.78, 5) is 12.7. The first-order valence-corrected chi connectivity index (χ1v) is 8.15. The molecule has 19 heavy (non-hydrogen) atoms. The molecule has 0 amide bonds. The number of hydrogen-bond acceptors (Lipinski definition) is 4. The monoisotopic (exact) mass is 280 g/mol. The summed E-state index contributed by atoms with van der Waals surface area (Å²) >= 11 is 1.56. The van der Waals surface area contributed by atoms with Gasteiger partial charge in [0.1, 0.15) is 0 Å². The standard InChI is InChI=1S/C15H24N2OS/c1-4-10(5-2)17-15-12(9-7-8-9)13(16)14(19-15)11(18)6-3/h9-10,17H,4-8,16H2,1-3H3. The van der Waals surface area contributed by atoms with Gasteiger partial charge in [0.15, 0.2) is 5.78 Å². The van der Waals surface area contributed by atoms with Crippen molar-refractivity contribution in [2.45, 2.75) is 64.8 Å². The van der Waals surface area contributed by atoms with Crippen LogP contribution in [0.15, 0.2) is 0 Å². The average Bonchev–Trinajstić information content (AvgIpc) is 3.20. The summed E-state index contributed by atoms with van der Waals surface area (Å²) in [6, 6.07) is 0.472. The summed E-state index contributed by atoms with van der Waals surface area (Å²) in [5, 5.41) is 4.74. The SMILES string of the molecule is CCC(=O)c1sc(NC(CC)CC)c(C2CC2)c1N. The zero-order valence-electron chi connectivity index (χ0n) is 12.1. The lowest BCUT2D eigenvalue weighted by atomic mass is 10.1. The van der Waals surface area contributed by atoms with Crippen LogP contribution in [0.2, 0.25) is 0 Å². The molecule has 1 saturated carbocycles. The van der Waals surface area contributed by atoms with Crippen molar-refractivity contribution in [3.63, 3.8) is 0 Å². The molecule has 1 aliphatic rings. The lowest BCUT2D eigenvalue weighted by Gasteiger charge is -2.16. The second kappa shape index (κ2) is 5.95. The number of thiophene rings is 1. The summed E-state index contributed by atoms with van der Waals surface area (Å²) in [6.07, 6.45) is 5.13. The zero-order chi connectivity index (χ0) is 14.0. The van der Waals surface area contributed by atoms with Crippen LogP contribution in [0.1, 0.15) is 74.0 Å². The van der Waals surface area contributed by atoms with Crippen molar-refractivity contribution < 1.29 is 4.79 Å². The third-order valence-electron chi connectivity index (χ3n) is 3.86. The van der Waals surface area contributed by atoms with E-state index in [0.29, 0.717) is 18.4 Å². The Balaban J connectivity index is 2.33. The average molecular weight is 280 g/mol. The first-order chi connectivity index (χ1) is 9.12. The molecule has 0 aromatic carbocycles. The van der Waals surface area contributed by atoms with Gasteiger partial charge in [0.2, 0.25) is 0 Å². The number of nitrogens with two attached hydrogens (primary N) is 1. The van der Waals surface area contributed by atoms with Gasteiger partial charge in [0.05, 0.1) is 15.6 Å². The molecule has 0 unspecified atom stereocenters. The summed E-state index contributed by atoms with van der Waals surface area (Å²) in [5.74, 6) is 0.744. The van der Waals surface area contributed by atoms with Crippen molar-refractivity contribution in [1.82, 2.24) is 0 Å². The van der Waals surface area contributed by atoms with E-state index in [1.807, 2.05) is 6.92 Å².